The lowest BCUT2D eigenvalue weighted by atomic mass is 9.97. The Balaban J connectivity index is 1.18. The fraction of sp³-hybridized carbons (Fsp3) is 0.400. The van der Waals surface area contributed by atoms with Crippen molar-refractivity contribution >= 4 is 28.8 Å². The molecule has 1 amide bonds. The zero-order chi connectivity index (χ0) is 32.8. The van der Waals surface area contributed by atoms with Crippen LogP contribution in [0.3, 0.4) is 0 Å². The second-order valence-corrected chi connectivity index (χ2v) is 12.7. The Labute approximate surface area is 271 Å². The summed E-state index contributed by atoms with van der Waals surface area (Å²) >= 11 is 0. The van der Waals surface area contributed by atoms with Crippen molar-refractivity contribution in [3.63, 3.8) is 0 Å². The number of aryl methyl sites for hydroxylation is 2. The normalized spacial score (nSPS) is 18.3. The number of hydrogen-bond acceptors (Lipinski definition) is 7. The number of aliphatic hydroxyl groups excluding tert-OH is 1. The topological polar surface area (TPSA) is 98.9 Å². The van der Waals surface area contributed by atoms with E-state index in [1.807, 2.05) is 24.1 Å². The molecule has 0 radical (unpaired) electrons. The van der Waals surface area contributed by atoms with Crippen molar-refractivity contribution in [2.24, 2.45) is 7.05 Å². The van der Waals surface area contributed by atoms with Gasteiger partial charge in [-0.25, -0.2) is 13.8 Å². The SMILES string of the molecule is CN1CCN(c2ccc(Nc3cc(-c4cc(F)cc(N5CCn6c(cc7c6CCCC7)C5=O)c4CO)cn(C)c3=O)nc2)CC1CF. The maximum atomic E-state index is 15.3. The maximum absolute atomic E-state index is 15.3. The first-order valence-electron chi connectivity index (χ1n) is 16.2. The first kappa shape index (κ1) is 31.1. The van der Waals surface area contributed by atoms with Crippen LogP contribution in [0.1, 0.15) is 40.2 Å². The van der Waals surface area contributed by atoms with Crippen LogP contribution in [0.4, 0.5) is 31.7 Å². The Bertz CT molecular complexity index is 1890. The summed E-state index contributed by atoms with van der Waals surface area (Å²) in [4.78, 5) is 37.2. The van der Waals surface area contributed by atoms with Gasteiger partial charge in [-0.05, 0) is 80.3 Å². The van der Waals surface area contributed by atoms with Crippen LogP contribution in [0, 0.1) is 5.82 Å². The monoisotopic (exact) mass is 643 g/mol. The van der Waals surface area contributed by atoms with Gasteiger partial charge < -0.3 is 29.4 Å². The van der Waals surface area contributed by atoms with Crippen LogP contribution >= 0.6 is 0 Å². The average molecular weight is 644 g/mol. The molecule has 0 saturated carbocycles. The van der Waals surface area contributed by atoms with E-state index in [1.54, 1.807) is 36.5 Å². The van der Waals surface area contributed by atoms with Gasteiger partial charge in [0.15, 0.2) is 0 Å². The van der Waals surface area contributed by atoms with E-state index in [4.69, 9.17) is 0 Å². The molecular formula is C35H39F2N7O3. The largest absolute Gasteiger partial charge is 0.392 e. The first-order chi connectivity index (χ1) is 22.7. The van der Waals surface area contributed by atoms with Gasteiger partial charge in [0.05, 0.1) is 30.2 Å². The zero-order valence-corrected chi connectivity index (χ0v) is 26.7. The van der Waals surface area contributed by atoms with Crippen LogP contribution in [-0.2, 0) is 33.0 Å². The molecule has 1 atom stereocenters. The highest BCUT2D eigenvalue weighted by Crippen LogP contribution is 2.37. The number of carbonyl (C=O) groups excluding carboxylic acids is 1. The number of pyridine rings is 2. The molecule has 1 saturated heterocycles. The number of hydrogen-bond donors (Lipinski definition) is 2. The van der Waals surface area contributed by atoms with Crippen LogP contribution in [-0.4, -0.2) is 76.0 Å². The second-order valence-electron chi connectivity index (χ2n) is 12.7. The Morgan fingerprint density at radius 2 is 1.85 bits per heavy atom. The standard InChI is InChI=1S/C35H39F2N7O3/c1-40-9-10-42(20-26(40)17-36)25-7-8-33(38-18-25)39-29-13-23(19-41(2)34(29)46)27-15-24(37)16-31(28(27)21-45)44-12-11-43-30-6-4-3-5-22(30)14-32(43)35(44)47/h7-8,13-16,18-19,26,45H,3-6,9-12,17,20-21H2,1-2H3,(H,38,39). The molecule has 1 unspecified atom stereocenters. The maximum Gasteiger partial charge on any atom is 0.274 e. The molecule has 0 spiro atoms. The summed E-state index contributed by atoms with van der Waals surface area (Å²) < 4.78 is 32.3. The van der Waals surface area contributed by atoms with Crippen LogP contribution < -0.4 is 20.7 Å². The Morgan fingerprint density at radius 1 is 1.02 bits per heavy atom. The number of aromatic nitrogens is 3. The smallest absolute Gasteiger partial charge is 0.274 e. The number of aliphatic hydroxyl groups is 1. The molecule has 4 aromatic rings. The number of nitrogens with one attached hydrogen (secondary N) is 1. The van der Waals surface area contributed by atoms with Crippen LogP contribution in [0.25, 0.3) is 11.1 Å². The average Bonchev–Trinajstić information content (AvgIpc) is 3.47. The molecule has 1 aromatic carbocycles. The van der Waals surface area contributed by atoms with Crippen molar-refractivity contribution in [1.29, 1.82) is 0 Å². The molecule has 3 aliphatic rings. The summed E-state index contributed by atoms with van der Waals surface area (Å²) in [6.45, 7) is 2.15. The third kappa shape index (κ3) is 5.69. The van der Waals surface area contributed by atoms with Crippen molar-refractivity contribution in [2.45, 2.75) is 44.9 Å². The lowest BCUT2D eigenvalue weighted by molar-refractivity contribution is 0.0964. The molecule has 0 bridgehead atoms. The molecule has 3 aromatic heterocycles. The lowest BCUT2D eigenvalue weighted by Gasteiger charge is -2.39. The van der Waals surface area contributed by atoms with Crippen molar-refractivity contribution in [1.82, 2.24) is 19.0 Å². The molecule has 2 N–H and O–H groups in total. The lowest BCUT2D eigenvalue weighted by Crippen LogP contribution is -2.52. The minimum Gasteiger partial charge on any atom is -0.392 e. The quantitative estimate of drug-likeness (QED) is 0.311. The van der Waals surface area contributed by atoms with E-state index >= 15 is 4.39 Å². The van der Waals surface area contributed by atoms with E-state index in [0.717, 1.165) is 44.5 Å². The third-order valence-corrected chi connectivity index (χ3v) is 9.88. The van der Waals surface area contributed by atoms with Gasteiger partial charge in [-0.1, -0.05) is 0 Å². The van der Waals surface area contributed by atoms with Gasteiger partial charge in [0.1, 0.15) is 29.7 Å². The third-order valence-electron chi connectivity index (χ3n) is 9.88. The highest BCUT2D eigenvalue weighted by atomic mass is 19.1. The summed E-state index contributed by atoms with van der Waals surface area (Å²) in [6, 6.07) is 9.67. The van der Waals surface area contributed by atoms with Crippen molar-refractivity contribution in [3.05, 3.63) is 87.5 Å². The van der Waals surface area contributed by atoms with Gasteiger partial charge in [-0.15, -0.1) is 0 Å². The van der Waals surface area contributed by atoms with E-state index in [0.29, 0.717) is 53.5 Å². The Morgan fingerprint density at radius 3 is 2.62 bits per heavy atom. The predicted octanol–water partition coefficient (Wildman–Crippen LogP) is 4.25. The van der Waals surface area contributed by atoms with Gasteiger partial charge in [-0.2, -0.15) is 0 Å². The number of fused-ring (bicyclic) bond motifs is 3. The zero-order valence-electron chi connectivity index (χ0n) is 26.7. The van der Waals surface area contributed by atoms with E-state index in [-0.39, 0.29) is 23.2 Å². The fourth-order valence-corrected chi connectivity index (χ4v) is 7.23. The number of carbonyl (C=O) groups is 1. The van der Waals surface area contributed by atoms with E-state index in [9.17, 15) is 19.1 Å². The number of alkyl halides is 1. The number of benzene rings is 1. The summed E-state index contributed by atoms with van der Waals surface area (Å²) in [5.41, 5.74) is 5.39. The molecule has 7 rings (SSSR count). The predicted molar refractivity (Wildman–Crippen MR) is 178 cm³/mol. The Hall–Kier alpha value is -4.55. The fourth-order valence-electron chi connectivity index (χ4n) is 7.23. The highest BCUT2D eigenvalue weighted by Gasteiger charge is 2.32. The van der Waals surface area contributed by atoms with Gasteiger partial charge >= 0.3 is 0 Å². The summed E-state index contributed by atoms with van der Waals surface area (Å²) in [7, 11) is 3.53. The molecular weight excluding hydrogens is 604 g/mol. The molecule has 246 valence electrons. The summed E-state index contributed by atoms with van der Waals surface area (Å²) in [5.74, 6) is -0.336. The molecule has 10 nitrogen and oxygen atoms in total. The van der Waals surface area contributed by atoms with Crippen molar-refractivity contribution in [2.75, 3.05) is 55.0 Å². The number of piperazine rings is 1. The molecule has 47 heavy (non-hydrogen) atoms. The minimum absolute atomic E-state index is 0.177. The minimum atomic E-state index is -0.556. The molecule has 5 heterocycles. The van der Waals surface area contributed by atoms with Crippen molar-refractivity contribution in [3.8, 4) is 11.1 Å². The van der Waals surface area contributed by atoms with Crippen molar-refractivity contribution < 1.29 is 18.7 Å². The number of halogens is 2. The summed E-state index contributed by atoms with van der Waals surface area (Å²) in [6.07, 6.45) is 7.40. The number of anilines is 4. The van der Waals surface area contributed by atoms with Gasteiger partial charge in [0, 0.05) is 62.8 Å². The van der Waals surface area contributed by atoms with Gasteiger partial charge in [0.2, 0.25) is 0 Å². The second kappa shape index (κ2) is 12.6. The van der Waals surface area contributed by atoms with E-state index < -0.39 is 19.1 Å². The molecule has 12 heteroatoms. The van der Waals surface area contributed by atoms with Gasteiger partial charge in [0.25, 0.3) is 11.5 Å². The first-order valence-corrected chi connectivity index (χ1v) is 16.2. The number of rotatable bonds is 7. The molecule has 1 aliphatic carbocycles. The summed E-state index contributed by atoms with van der Waals surface area (Å²) in [5, 5.41) is 13.7. The van der Waals surface area contributed by atoms with E-state index in [2.05, 4.69) is 19.8 Å². The van der Waals surface area contributed by atoms with Crippen LogP contribution in [0.2, 0.25) is 0 Å². The number of nitrogens with zero attached hydrogens (tertiary/aromatic N) is 6. The Kier molecular flexibility index (Phi) is 8.31. The van der Waals surface area contributed by atoms with Crippen LogP contribution in [0.5, 0.6) is 0 Å². The molecule has 2 aliphatic heterocycles. The number of amides is 1. The van der Waals surface area contributed by atoms with E-state index in [1.165, 1.54) is 28.0 Å². The molecule has 1 fully saturated rings. The van der Waals surface area contributed by atoms with Crippen LogP contribution in [0.15, 0.2) is 53.6 Å². The van der Waals surface area contributed by atoms with Gasteiger partial charge in [-0.3, -0.25) is 14.5 Å². The highest BCUT2D eigenvalue weighted by molar-refractivity contribution is 6.07. The number of likely N-dealkylation sites (N-methyl/N-ethyl adjacent to an activating group) is 1.